The fourth-order valence-corrected chi connectivity index (χ4v) is 11.2. The molecule has 0 unspecified atom stereocenters. The summed E-state index contributed by atoms with van der Waals surface area (Å²) in [6.45, 7) is 0. The van der Waals surface area contributed by atoms with Crippen LogP contribution in [0.1, 0.15) is 25.7 Å². The van der Waals surface area contributed by atoms with Gasteiger partial charge in [-0.1, -0.05) is 121 Å². The molecule has 0 atom stereocenters. The van der Waals surface area contributed by atoms with Crippen LogP contribution in [0.4, 0.5) is 17.3 Å². The van der Waals surface area contributed by atoms with Gasteiger partial charge in [0.1, 0.15) is 47.7 Å². The van der Waals surface area contributed by atoms with Gasteiger partial charge in [0.05, 0.1) is 5.34 Å². The van der Waals surface area contributed by atoms with Crippen molar-refractivity contribution in [3.05, 3.63) is 194 Å². The molecule has 0 N–H and O–H groups in total. The number of benzene rings is 6. The average molecular weight is 923 g/mol. The topological polar surface area (TPSA) is 9.23 Å². The molecule has 6 aromatic carbocycles. The fourth-order valence-electron chi connectivity index (χ4n) is 5.87. The zero-order valence-corrected chi connectivity index (χ0v) is 35.7. The first-order valence-corrected chi connectivity index (χ1v) is 22.0. The summed E-state index contributed by atoms with van der Waals surface area (Å²) in [6, 6.07) is 60.6. The van der Waals surface area contributed by atoms with E-state index in [4.69, 9.17) is 27.9 Å². The van der Waals surface area contributed by atoms with Crippen LogP contribution in [0.2, 0.25) is 0 Å². The number of hydrogen-bond acceptors (Lipinski definition) is 1. The number of ether oxygens (including phenoxy) is 1. The summed E-state index contributed by atoms with van der Waals surface area (Å²) in [5, 5.41) is 8.08. The van der Waals surface area contributed by atoms with Crippen molar-refractivity contribution in [1.29, 1.82) is 0 Å². The van der Waals surface area contributed by atoms with Crippen molar-refractivity contribution in [2.45, 2.75) is 25.7 Å². The normalized spacial score (nSPS) is 13.1. The van der Waals surface area contributed by atoms with Gasteiger partial charge in [-0.15, -0.1) is 23.2 Å². The molecule has 293 valence electrons. The second kappa shape index (κ2) is 26.4. The van der Waals surface area contributed by atoms with Crippen LogP contribution in [-0.4, -0.2) is 12.6 Å². The van der Waals surface area contributed by atoms with Crippen molar-refractivity contribution < 1.29 is 41.5 Å². The number of allylic oxidation sites excluding steroid dienone is 4. The summed E-state index contributed by atoms with van der Waals surface area (Å²) in [6.07, 6.45) is 14.0. The molecule has 0 saturated heterocycles. The maximum atomic E-state index is 9.75. The Morgan fingerprint density at radius 1 is 0.411 bits per heavy atom. The van der Waals surface area contributed by atoms with Crippen LogP contribution in [0.15, 0.2) is 194 Å². The molecule has 0 spiro atoms. The van der Waals surface area contributed by atoms with Crippen LogP contribution >= 0.6 is 39.0 Å². The maximum Gasteiger partial charge on any atom is 0.673 e. The predicted octanol–water partition coefficient (Wildman–Crippen LogP) is 11.9. The van der Waals surface area contributed by atoms with Crippen molar-refractivity contribution >= 4 is 78.1 Å². The molecule has 0 saturated carbocycles. The van der Waals surface area contributed by atoms with E-state index in [1.165, 1.54) is 57.5 Å². The second-order valence-electron chi connectivity index (χ2n) is 12.0. The van der Waals surface area contributed by atoms with Gasteiger partial charge in [-0.25, -0.2) is 0 Å². The van der Waals surface area contributed by atoms with Gasteiger partial charge in [0.15, 0.2) is 11.5 Å². The van der Waals surface area contributed by atoms with E-state index in [-0.39, 0.29) is 24.8 Å². The largest absolute Gasteiger partial charge is 0.673 e. The third kappa shape index (κ3) is 16.5. The SMILES string of the molecule is C1=C\CC/C=C\CC/1.ClCCl.F[B-](F)(F)F.[Rh].c1ccc([PH+](c2ccccc2)c2ccccc2Oc2ccccc2[PH+](c2ccccc2)c2ccccc2)cc1. The summed E-state index contributed by atoms with van der Waals surface area (Å²) in [5.74, 6) is 1.85. The second-order valence-corrected chi connectivity index (χ2v) is 17.7. The van der Waals surface area contributed by atoms with Crippen molar-refractivity contribution in [3.63, 3.8) is 0 Å². The van der Waals surface area contributed by atoms with Gasteiger partial charge in [0, 0.05) is 19.5 Å². The van der Waals surface area contributed by atoms with Crippen LogP contribution in [-0.2, 0) is 19.5 Å². The van der Waals surface area contributed by atoms with Gasteiger partial charge in [0.25, 0.3) is 0 Å². The molecule has 11 heteroatoms. The molecule has 7 rings (SSSR count). The van der Waals surface area contributed by atoms with Gasteiger partial charge in [0.2, 0.25) is 0 Å². The Bertz CT molecular complexity index is 1770. The minimum Gasteiger partial charge on any atom is -0.449 e. The number of rotatable bonds is 8. The monoisotopic (exact) mass is 922 g/mol. The smallest absolute Gasteiger partial charge is 0.449 e. The van der Waals surface area contributed by atoms with Gasteiger partial charge in [-0.3, -0.25) is 0 Å². The summed E-state index contributed by atoms with van der Waals surface area (Å²) in [5.41, 5.74) is 0. The van der Waals surface area contributed by atoms with Crippen molar-refractivity contribution in [1.82, 2.24) is 0 Å². The maximum absolute atomic E-state index is 9.75. The molecule has 0 amide bonds. The van der Waals surface area contributed by atoms with E-state index in [9.17, 15) is 17.3 Å². The van der Waals surface area contributed by atoms with Gasteiger partial charge < -0.3 is 22.0 Å². The van der Waals surface area contributed by atoms with E-state index in [2.05, 4.69) is 194 Å². The van der Waals surface area contributed by atoms with Crippen LogP contribution in [0.25, 0.3) is 0 Å². The van der Waals surface area contributed by atoms with E-state index < -0.39 is 23.1 Å². The Morgan fingerprint density at radius 2 is 0.625 bits per heavy atom. The van der Waals surface area contributed by atoms with Gasteiger partial charge in [-0.2, -0.15) is 0 Å². The van der Waals surface area contributed by atoms with Gasteiger partial charge >= 0.3 is 7.25 Å². The third-order valence-electron chi connectivity index (χ3n) is 8.12. The minimum atomic E-state index is -6.00. The minimum absolute atomic E-state index is 0. The molecule has 0 aromatic heterocycles. The molecular weight excluding hydrogens is 879 g/mol. The van der Waals surface area contributed by atoms with Crippen molar-refractivity contribution in [3.8, 4) is 11.5 Å². The summed E-state index contributed by atoms with van der Waals surface area (Å²) >= 11 is 9.53. The number of para-hydroxylation sites is 2. The molecule has 1 aliphatic rings. The average Bonchev–Trinajstić information content (AvgIpc) is 3.18. The van der Waals surface area contributed by atoms with E-state index >= 15 is 0 Å². The standard InChI is InChI=1S/C36H28OP2.C8H12.CH2Cl2.BF4.Rh/c1-5-17-29(18-6-1)38(30-19-7-2-8-20-30)35-27-15-13-25-33(35)37-34-26-14-16-28-36(34)39(31-21-9-3-10-22-31)32-23-11-4-12-24-32;1-2-4-6-8-7-5-3-1;2-1-3;2-1(3,4)5;/h1-28H;1-2,7-8H,3-6H2;1H2;;/q;;;-1;/p+2/b;2-1-,8-7-;;;. The van der Waals surface area contributed by atoms with Crippen LogP contribution in [0.3, 0.4) is 0 Å². The van der Waals surface area contributed by atoms with E-state index in [0.717, 1.165) is 11.5 Å². The number of alkyl halides is 2. The summed E-state index contributed by atoms with van der Waals surface area (Å²) in [7, 11) is -8.56. The number of halogens is 6. The van der Waals surface area contributed by atoms with Crippen LogP contribution < -0.4 is 36.6 Å². The Hall–Kier alpha value is -3.55. The molecule has 6 aromatic rings. The van der Waals surface area contributed by atoms with Crippen LogP contribution in [0, 0.1) is 0 Å². The Kier molecular flexibility index (Phi) is 22.1. The number of hydrogen-bond donors (Lipinski definition) is 0. The van der Waals surface area contributed by atoms with E-state index in [0.29, 0.717) is 0 Å². The third-order valence-corrected chi connectivity index (χ3v) is 13.7. The first kappa shape index (κ1) is 46.8. The predicted molar refractivity (Wildman–Crippen MR) is 237 cm³/mol. The molecule has 1 nitrogen and oxygen atoms in total. The Labute approximate surface area is 354 Å². The molecule has 0 bridgehead atoms. The molecule has 0 heterocycles. The van der Waals surface area contributed by atoms with E-state index in [1.807, 2.05) is 0 Å². The van der Waals surface area contributed by atoms with Crippen molar-refractivity contribution in [2.24, 2.45) is 0 Å². The fraction of sp³-hybridized carbons (Fsp3) is 0.111. The Balaban J connectivity index is 0.000000416. The summed E-state index contributed by atoms with van der Waals surface area (Å²) < 4.78 is 45.9. The van der Waals surface area contributed by atoms with Gasteiger partial charge in [-0.05, 0) is 98.5 Å². The van der Waals surface area contributed by atoms with E-state index in [1.54, 1.807) is 0 Å². The molecule has 0 aliphatic heterocycles. The zero-order chi connectivity index (χ0) is 39.1. The molecule has 1 aliphatic carbocycles. The molecule has 1 radical (unpaired) electrons. The summed E-state index contributed by atoms with van der Waals surface area (Å²) in [4.78, 5) is 0. The first-order chi connectivity index (χ1) is 26.8. The Morgan fingerprint density at radius 3 is 0.875 bits per heavy atom. The quantitative estimate of drug-likeness (QED) is 0.0486. The van der Waals surface area contributed by atoms with Crippen molar-refractivity contribution in [2.75, 3.05) is 5.34 Å². The molecular formula is C45H44BCl2F4OP2Rh+. The van der Waals surface area contributed by atoms with Crippen LogP contribution in [0.5, 0.6) is 11.5 Å². The first-order valence-electron chi connectivity index (χ1n) is 17.9. The molecule has 56 heavy (non-hydrogen) atoms. The zero-order valence-electron chi connectivity index (χ0n) is 30.6. The molecule has 0 fully saturated rings.